The van der Waals surface area contributed by atoms with E-state index >= 15 is 0 Å². The molecule has 0 fully saturated rings. The lowest BCUT2D eigenvalue weighted by Gasteiger charge is -2.26. The van der Waals surface area contributed by atoms with Gasteiger partial charge < -0.3 is 14.2 Å². The van der Waals surface area contributed by atoms with Crippen LogP contribution in [-0.4, -0.2) is 30.3 Å². The standard InChI is InChI=1S/C15H12ClNO4/c16-14-11(4-3-7-17-14)15(18)20-9-10-8-19-12-5-1-2-6-13(12)21-10/h1-7,10H,8-9H2. The summed E-state index contributed by atoms with van der Waals surface area (Å²) in [4.78, 5) is 15.7. The first-order valence-corrected chi connectivity index (χ1v) is 6.78. The van der Waals surface area contributed by atoms with Gasteiger partial charge >= 0.3 is 5.97 Å². The van der Waals surface area contributed by atoms with Gasteiger partial charge in [-0.15, -0.1) is 0 Å². The van der Waals surface area contributed by atoms with Crippen LogP contribution in [0, 0.1) is 0 Å². The second kappa shape index (κ2) is 6.01. The smallest absolute Gasteiger partial charge is 0.341 e. The zero-order valence-electron chi connectivity index (χ0n) is 11.0. The number of carbonyl (C=O) groups is 1. The number of esters is 1. The lowest BCUT2D eigenvalue weighted by molar-refractivity contribution is 0.0109. The maximum absolute atomic E-state index is 11.9. The van der Waals surface area contributed by atoms with Crippen molar-refractivity contribution < 1.29 is 19.0 Å². The molecule has 1 aromatic carbocycles. The predicted octanol–water partition coefficient (Wildman–Crippen LogP) is 2.73. The van der Waals surface area contributed by atoms with Gasteiger partial charge in [0.15, 0.2) is 17.6 Å². The minimum atomic E-state index is -0.532. The van der Waals surface area contributed by atoms with E-state index in [2.05, 4.69) is 4.98 Å². The van der Waals surface area contributed by atoms with Gasteiger partial charge in [0, 0.05) is 6.20 Å². The number of halogens is 1. The van der Waals surface area contributed by atoms with Crippen molar-refractivity contribution in [1.29, 1.82) is 0 Å². The summed E-state index contributed by atoms with van der Waals surface area (Å²) in [6, 6.07) is 10.5. The molecule has 21 heavy (non-hydrogen) atoms. The number of ether oxygens (including phenoxy) is 3. The summed E-state index contributed by atoms with van der Waals surface area (Å²) >= 11 is 5.84. The van der Waals surface area contributed by atoms with Crippen molar-refractivity contribution in [1.82, 2.24) is 4.98 Å². The van der Waals surface area contributed by atoms with E-state index < -0.39 is 5.97 Å². The zero-order chi connectivity index (χ0) is 14.7. The second-order valence-corrected chi connectivity index (χ2v) is 4.80. The van der Waals surface area contributed by atoms with Gasteiger partial charge in [0.05, 0.1) is 5.56 Å². The van der Waals surface area contributed by atoms with E-state index in [4.69, 9.17) is 25.8 Å². The molecule has 6 heteroatoms. The van der Waals surface area contributed by atoms with Crippen LogP contribution in [0.1, 0.15) is 10.4 Å². The van der Waals surface area contributed by atoms with Crippen LogP contribution < -0.4 is 9.47 Å². The first-order valence-electron chi connectivity index (χ1n) is 6.40. The first kappa shape index (κ1) is 13.7. The fourth-order valence-electron chi connectivity index (χ4n) is 1.93. The van der Waals surface area contributed by atoms with Crippen LogP contribution in [-0.2, 0) is 4.74 Å². The number of nitrogens with zero attached hydrogens (tertiary/aromatic N) is 1. The number of hydrogen-bond acceptors (Lipinski definition) is 5. The fraction of sp³-hybridized carbons (Fsp3) is 0.200. The molecule has 1 atom stereocenters. The van der Waals surface area contributed by atoms with E-state index in [0.717, 1.165) is 0 Å². The van der Waals surface area contributed by atoms with E-state index in [1.807, 2.05) is 18.2 Å². The number of pyridine rings is 1. The van der Waals surface area contributed by atoms with E-state index in [1.165, 1.54) is 6.20 Å². The molecule has 0 N–H and O–H groups in total. The van der Waals surface area contributed by atoms with Gasteiger partial charge in [0.2, 0.25) is 0 Å². The molecule has 0 radical (unpaired) electrons. The third kappa shape index (κ3) is 3.08. The van der Waals surface area contributed by atoms with Crippen LogP contribution in [0.3, 0.4) is 0 Å². The Kier molecular flexibility index (Phi) is 3.92. The van der Waals surface area contributed by atoms with E-state index in [1.54, 1.807) is 18.2 Å². The van der Waals surface area contributed by atoms with Crippen molar-refractivity contribution in [3.05, 3.63) is 53.3 Å². The van der Waals surface area contributed by atoms with Gasteiger partial charge in [-0.1, -0.05) is 23.7 Å². The quantitative estimate of drug-likeness (QED) is 0.644. The van der Waals surface area contributed by atoms with Gasteiger partial charge in [0.25, 0.3) is 0 Å². The molecular weight excluding hydrogens is 294 g/mol. The summed E-state index contributed by atoms with van der Waals surface area (Å²) in [7, 11) is 0. The Balaban J connectivity index is 1.59. The normalized spacial score (nSPS) is 16.3. The van der Waals surface area contributed by atoms with E-state index in [9.17, 15) is 4.79 Å². The Morgan fingerprint density at radius 2 is 2.10 bits per heavy atom. The number of para-hydroxylation sites is 2. The number of fused-ring (bicyclic) bond motifs is 1. The maximum atomic E-state index is 11.9. The van der Waals surface area contributed by atoms with E-state index in [0.29, 0.717) is 18.1 Å². The Hall–Kier alpha value is -2.27. The molecule has 0 aliphatic carbocycles. The van der Waals surface area contributed by atoms with Gasteiger partial charge in [-0.3, -0.25) is 0 Å². The molecule has 1 aliphatic rings. The molecule has 0 amide bonds. The first-order chi connectivity index (χ1) is 10.2. The largest absolute Gasteiger partial charge is 0.486 e. The average Bonchev–Trinajstić information content (AvgIpc) is 2.53. The van der Waals surface area contributed by atoms with Crippen molar-refractivity contribution in [3.8, 4) is 11.5 Å². The van der Waals surface area contributed by atoms with Crippen LogP contribution in [0.2, 0.25) is 5.15 Å². The topological polar surface area (TPSA) is 57.7 Å². The molecule has 2 heterocycles. The molecule has 1 aromatic heterocycles. The Morgan fingerprint density at radius 1 is 1.29 bits per heavy atom. The Bertz CT molecular complexity index is 662. The molecule has 0 saturated heterocycles. The van der Waals surface area contributed by atoms with Crippen LogP contribution in [0.25, 0.3) is 0 Å². The van der Waals surface area contributed by atoms with Gasteiger partial charge in [-0.05, 0) is 24.3 Å². The van der Waals surface area contributed by atoms with Crippen molar-refractivity contribution in [2.75, 3.05) is 13.2 Å². The Morgan fingerprint density at radius 3 is 2.90 bits per heavy atom. The Labute approximate surface area is 126 Å². The predicted molar refractivity (Wildman–Crippen MR) is 75.9 cm³/mol. The molecule has 0 saturated carbocycles. The highest BCUT2D eigenvalue weighted by Crippen LogP contribution is 2.30. The minimum absolute atomic E-state index is 0.0817. The zero-order valence-corrected chi connectivity index (χ0v) is 11.7. The number of carbonyl (C=O) groups excluding carboxylic acids is 1. The maximum Gasteiger partial charge on any atom is 0.341 e. The summed E-state index contributed by atoms with van der Waals surface area (Å²) < 4.78 is 16.4. The highest BCUT2D eigenvalue weighted by molar-refractivity contribution is 6.32. The summed E-state index contributed by atoms with van der Waals surface area (Å²) in [5, 5.41) is 0.119. The van der Waals surface area contributed by atoms with Crippen molar-refractivity contribution in [2.45, 2.75) is 6.10 Å². The molecule has 2 aromatic rings. The minimum Gasteiger partial charge on any atom is -0.486 e. The second-order valence-electron chi connectivity index (χ2n) is 4.44. The summed E-state index contributed by atoms with van der Waals surface area (Å²) in [5.41, 5.74) is 0.233. The summed E-state index contributed by atoms with van der Waals surface area (Å²) in [6.45, 7) is 0.406. The monoisotopic (exact) mass is 305 g/mol. The number of hydrogen-bond donors (Lipinski definition) is 0. The van der Waals surface area contributed by atoms with Crippen molar-refractivity contribution in [3.63, 3.8) is 0 Å². The third-order valence-electron chi connectivity index (χ3n) is 2.95. The van der Waals surface area contributed by atoms with Gasteiger partial charge in [0.1, 0.15) is 18.4 Å². The molecule has 1 unspecified atom stereocenters. The van der Waals surface area contributed by atoms with Crippen LogP contribution in [0.4, 0.5) is 0 Å². The molecule has 0 spiro atoms. The molecule has 0 bridgehead atoms. The van der Waals surface area contributed by atoms with Gasteiger partial charge in [-0.25, -0.2) is 9.78 Å². The highest BCUT2D eigenvalue weighted by atomic mass is 35.5. The average molecular weight is 306 g/mol. The molecule has 3 rings (SSSR count). The SMILES string of the molecule is O=C(OCC1COc2ccccc2O1)c1cccnc1Cl. The van der Waals surface area contributed by atoms with Gasteiger partial charge in [-0.2, -0.15) is 0 Å². The van der Waals surface area contributed by atoms with Crippen LogP contribution in [0.5, 0.6) is 11.5 Å². The molecular formula is C15H12ClNO4. The van der Waals surface area contributed by atoms with Crippen LogP contribution in [0.15, 0.2) is 42.6 Å². The van der Waals surface area contributed by atoms with Crippen molar-refractivity contribution >= 4 is 17.6 Å². The van der Waals surface area contributed by atoms with Crippen molar-refractivity contribution in [2.24, 2.45) is 0 Å². The number of aromatic nitrogens is 1. The highest BCUT2D eigenvalue weighted by Gasteiger charge is 2.23. The summed E-state index contributed by atoms with van der Waals surface area (Å²) in [6.07, 6.45) is 1.16. The van der Waals surface area contributed by atoms with Crippen LogP contribution >= 0.6 is 11.6 Å². The third-order valence-corrected chi connectivity index (χ3v) is 3.25. The molecule has 1 aliphatic heterocycles. The van der Waals surface area contributed by atoms with E-state index in [-0.39, 0.29) is 23.4 Å². The lowest BCUT2D eigenvalue weighted by atomic mass is 10.2. The fourth-order valence-corrected chi connectivity index (χ4v) is 2.13. The molecule has 5 nitrogen and oxygen atoms in total. The number of benzene rings is 1. The molecule has 108 valence electrons. The summed E-state index contributed by atoms with van der Waals surface area (Å²) in [5.74, 6) is 0.801. The lowest BCUT2D eigenvalue weighted by Crippen LogP contribution is -2.34. The number of rotatable bonds is 3.